The van der Waals surface area contributed by atoms with E-state index < -0.39 is 0 Å². The number of carbonyl (C=O) groups is 1. The number of hydrogen-bond donors (Lipinski definition) is 2. The second-order valence-corrected chi connectivity index (χ2v) is 5.62. The molecule has 3 N–H and O–H groups in total. The van der Waals surface area contributed by atoms with E-state index in [1.807, 2.05) is 30.3 Å². The highest BCUT2D eigenvalue weighted by Gasteiger charge is 2.28. The second-order valence-electron chi connectivity index (χ2n) is 5.62. The molecule has 22 heavy (non-hydrogen) atoms. The summed E-state index contributed by atoms with van der Waals surface area (Å²) in [5, 5.41) is 7.11. The number of benzene rings is 1. The lowest BCUT2D eigenvalue weighted by atomic mass is 10.2. The fourth-order valence-corrected chi connectivity index (χ4v) is 2.34. The number of nitrogens with two attached hydrogens (primary N) is 1. The molecule has 0 bridgehead atoms. The summed E-state index contributed by atoms with van der Waals surface area (Å²) in [5.74, 6) is 0.483. The van der Waals surface area contributed by atoms with Gasteiger partial charge in [0, 0.05) is 18.8 Å². The van der Waals surface area contributed by atoms with Crippen LogP contribution in [0, 0.1) is 5.92 Å². The van der Waals surface area contributed by atoms with Gasteiger partial charge in [0.2, 0.25) is 0 Å². The summed E-state index contributed by atoms with van der Waals surface area (Å²) in [7, 11) is 0. The predicted molar refractivity (Wildman–Crippen MR) is 88.1 cm³/mol. The van der Waals surface area contributed by atoms with Crippen LogP contribution in [0.3, 0.4) is 0 Å². The van der Waals surface area contributed by atoms with Gasteiger partial charge in [0.15, 0.2) is 0 Å². The van der Waals surface area contributed by atoms with E-state index in [4.69, 9.17) is 5.73 Å². The minimum Gasteiger partial charge on any atom is -0.350 e. The number of carbonyl (C=O) groups excluding carboxylic acids is 1. The van der Waals surface area contributed by atoms with E-state index in [9.17, 15) is 4.79 Å². The molecule has 2 aromatic rings. The Hall–Kier alpha value is -1.85. The summed E-state index contributed by atoms with van der Waals surface area (Å²) in [5.41, 5.74) is 7.71. The Morgan fingerprint density at radius 3 is 2.77 bits per heavy atom. The third kappa shape index (κ3) is 4.32. The average molecular weight is 321 g/mol. The van der Waals surface area contributed by atoms with Gasteiger partial charge in [0.1, 0.15) is 0 Å². The molecule has 0 radical (unpaired) electrons. The van der Waals surface area contributed by atoms with Crippen molar-refractivity contribution in [3.8, 4) is 0 Å². The maximum atomic E-state index is 12.0. The molecular weight excluding hydrogens is 300 g/mol. The molecule has 1 aromatic heterocycles. The molecule has 1 unspecified atom stereocenters. The summed E-state index contributed by atoms with van der Waals surface area (Å²) in [6, 6.07) is 10.1. The highest BCUT2D eigenvalue weighted by atomic mass is 35.5. The second kappa shape index (κ2) is 7.42. The molecule has 1 aromatic carbocycles. The molecular formula is C16H21ClN4O. The molecule has 5 nitrogen and oxygen atoms in total. The van der Waals surface area contributed by atoms with E-state index in [1.165, 1.54) is 12.8 Å². The third-order valence-electron chi connectivity index (χ3n) is 3.81. The molecule has 1 heterocycles. The third-order valence-corrected chi connectivity index (χ3v) is 3.81. The molecule has 3 rings (SSSR count). The number of halogens is 1. The van der Waals surface area contributed by atoms with Gasteiger partial charge in [-0.3, -0.25) is 9.48 Å². The van der Waals surface area contributed by atoms with Crippen molar-refractivity contribution < 1.29 is 4.79 Å². The van der Waals surface area contributed by atoms with Crippen LogP contribution in [0.25, 0.3) is 0 Å². The summed E-state index contributed by atoms with van der Waals surface area (Å²) >= 11 is 0. The van der Waals surface area contributed by atoms with E-state index in [2.05, 4.69) is 10.4 Å². The SMILES string of the molecule is Cl.NC(CNC(=O)c1cnn(Cc2ccccc2)c1)C1CC1. The summed E-state index contributed by atoms with van der Waals surface area (Å²) in [6.07, 6.45) is 5.74. The number of rotatable bonds is 6. The van der Waals surface area contributed by atoms with Crippen molar-refractivity contribution in [2.75, 3.05) is 6.54 Å². The smallest absolute Gasteiger partial charge is 0.254 e. The Morgan fingerprint density at radius 1 is 1.36 bits per heavy atom. The standard InChI is InChI=1S/C16H20N4O.ClH/c17-15(13-6-7-13)9-18-16(21)14-8-19-20(11-14)10-12-4-2-1-3-5-12;/h1-5,8,11,13,15H,6-7,9-10,17H2,(H,18,21);1H. The van der Waals surface area contributed by atoms with Crippen molar-refractivity contribution >= 4 is 18.3 Å². The highest BCUT2D eigenvalue weighted by molar-refractivity contribution is 5.93. The Kier molecular flexibility index (Phi) is 5.57. The van der Waals surface area contributed by atoms with Gasteiger partial charge < -0.3 is 11.1 Å². The average Bonchev–Trinajstić information content (AvgIpc) is 3.26. The Labute approximate surface area is 136 Å². The van der Waals surface area contributed by atoms with Crippen molar-refractivity contribution in [3.63, 3.8) is 0 Å². The molecule has 1 aliphatic rings. The van der Waals surface area contributed by atoms with Crippen LogP contribution in [-0.2, 0) is 6.54 Å². The van der Waals surface area contributed by atoms with E-state index in [0.717, 1.165) is 5.56 Å². The van der Waals surface area contributed by atoms with Gasteiger partial charge in [-0.1, -0.05) is 30.3 Å². The van der Waals surface area contributed by atoms with E-state index in [0.29, 0.717) is 24.6 Å². The van der Waals surface area contributed by atoms with Crippen molar-refractivity contribution in [2.45, 2.75) is 25.4 Å². The Bertz CT molecular complexity index is 610. The van der Waals surface area contributed by atoms with Gasteiger partial charge in [-0.05, 0) is 24.3 Å². The molecule has 1 atom stereocenters. The number of nitrogens with zero attached hydrogens (tertiary/aromatic N) is 2. The maximum Gasteiger partial charge on any atom is 0.254 e. The Morgan fingerprint density at radius 2 is 2.09 bits per heavy atom. The van der Waals surface area contributed by atoms with Crippen LogP contribution in [0.5, 0.6) is 0 Å². The minimum absolute atomic E-state index is 0. The molecule has 1 amide bonds. The lowest BCUT2D eigenvalue weighted by Gasteiger charge is -2.10. The first-order valence-electron chi connectivity index (χ1n) is 7.32. The van der Waals surface area contributed by atoms with Gasteiger partial charge in [-0.15, -0.1) is 12.4 Å². The first-order chi connectivity index (χ1) is 10.2. The first-order valence-corrected chi connectivity index (χ1v) is 7.32. The zero-order valence-electron chi connectivity index (χ0n) is 12.3. The number of nitrogens with one attached hydrogen (secondary N) is 1. The largest absolute Gasteiger partial charge is 0.350 e. The van der Waals surface area contributed by atoms with Crippen LogP contribution >= 0.6 is 12.4 Å². The Balaban J connectivity index is 0.00000176. The van der Waals surface area contributed by atoms with Crippen LogP contribution in [0.2, 0.25) is 0 Å². The summed E-state index contributed by atoms with van der Waals surface area (Å²) in [6.45, 7) is 1.20. The normalized spacial score (nSPS) is 15.0. The maximum absolute atomic E-state index is 12.0. The van der Waals surface area contributed by atoms with Crippen LogP contribution in [0.1, 0.15) is 28.8 Å². The van der Waals surface area contributed by atoms with Crippen LogP contribution < -0.4 is 11.1 Å². The lowest BCUT2D eigenvalue weighted by molar-refractivity contribution is 0.0950. The zero-order chi connectivity index (χ0) is 14.7. The van der Waals surface area contributed by atoms with Crippen LogP contribution in [0.15, 0.2) is 42.7 Å². The molecule has 0 spiro atoms. The van der Waals surface area contributed by atoms with E-state index in [-0.39, 0.29) is 24.4 Å². The van der Waals surface area contributed by atoms with Crippen molar-refractivity contribution in [2.24, 2.45) is 11.7 Å². The van der Waals surface area contributed by atoms with Crippen LogP contribution in [-0.4, -0.2) is 28.3 Å². The quantitative estimate of drug-likeness (QED) is 0.852. The summed E-state index contributed by atoms with van der Waals surface area (Å²) in [4.78, 5) is 12.0. The molecule has 6 heteroatoms. The van der Waals surface area contributed by atoms with Gasteiger partial charge in [-0.2, -0.15) is 5.10 Å². The predicted octanol–water partition coefficient (Wildman–Crippen LogP) is 1.82. The molecule has 1 fully saturated rings. The van der Waals surface area contributed by atoms with Crippen LogP contribution in [0.4, 0.5) is 0 Å². The number of amides is 1. The topological polar surface area (TPSA) is 72.9 Å². The lowest BCUT2D eigenvalue weighted by Crippen LogP contribution is -2.38. The van der Waals surface area contributed by atoms with E-state index >= 15 is 0 Å². The number of aromatic nitrogens is 2. The molecule has 1 saturated carbocycles. The fourth-order valence-electron chi connectivity index (χ4n) is 2.34. The highest BCUT2D eigenvalue weighted by Crippen LogP contribution is 2.31. The van der Waals surface area contributed by atoms with E-state index in [1.54, 1.807) is 17.1 Å². The number of hydrogen-bond acceptors (Lipinski definition) is 3. The molecule has 0 aliphatic heterocycles. The molecule has 1 aliphatic carbocycles. The monoisotopic (exact) mass is 320 g/mol. The fraction of sp³-hybridized carbons (Fsp3) is 0.375. The van der Waals surface area contributed by atoms with Gasteiger partial charge in [-0.25, -0.2) is 0 Å². The van der Waals surface area contributed by atoms with Gasteiger partial charge >= 0.3 is 0 Å². The minimum atomic E-state index is -0.106. The van der Waals surface area contributed by atoms with Crippen molar-refractivity contribution in [3.05, 3.63) is 53.9 Å². The first kappa shape index (κ1) is 16.5. The van der Waals surface area contributed by atoms with Crippen molar-refractivity contribution in [1.29, 1.82) is 0 Å². The summed E-state index contributed by atoms with van der Waals surface area (Å²) < 4.78 is 1.77. The van der Waals surface area contributed by atoms with Gasteiger partial charge in [0.25, 0.3) is 5.91 Å². The zero-order valence-corrected chi connectivity index (χ0v) is 13.1. The van der Waals surface area contributed by atoms with Crippen molar-refractivity contribution in [1.82, 2.24) is 15.1 Å². The molecule has 0 saturated heterocycles. The van der Waals surface area contributed by atoms with Gasteiger partial charge in [0.05, 0.1) is 18.3 Å². The molecule has 118 valence electrons.